The van der Waals surface area contributed by atoms with Crippen LogP contribution in [0.3, 0.4) is 0 Å². The van der Waals surface area contributed by atoms with Crippen molar-refractivity contribution < 1.29 is 4.79 Å². The van der Waals surface area contributed by atoms with E-state index in [2.05, 4.69) is 31.1 Å². The molecule has 31 heavy (non-hydrogen) atoms. The lowest BCUT2D eigenvalue weighted by molar-refractivity contribution is -0.116. The first-order valence-electron chi connectivity index (χ1n) is 10.1. The smallest absolute Gasteiger partial charge is 0.245 e. The summed E-state index contributed by atoms with van der Waals surface area (Å²) in [7, 11) is 0. The molecule has 1 aromatic carbocycles. The van der Waals surface area contributed by atoms with E-state index in [-0.39, 0.29) is 17.9 Å². The third-order valence-electron chi connectivity index (χ3n) is 4.92. The first-order valence-corrected chi connectivity index (χ1v) is 11.5. The van der Waals surface area contributed by atoms with Crippen LogP contribution < -0.4 is 5.32 Å². The van der Waals surface area contributed by atoms with Gasteiger partial charge in [0.2, 0.25) is 5.91 Å². The number of imidazole rings is 1. The van der Waals surface area contributed by atoms with Crippen LogP contribution in [0.25, 0.3) is 16.9 Å². The summed E-state index contributed by atoms with van der Waals surface area (Å²) in [5.41, 5.74) is 2.57. The number of rotatable bonds is 6. The van der Waals surface area contributed by atoms with Gasteiger partial charge in [-0.25, -0.2) is 9.97 Å². The first-order chi connectivity index (χ1) is 14.9. The zero-order valence-electron chi connectivity index (χ0n) is 18.2. The lowest BCUT2D eigenvalue weighted by Crippen LogP contribution is -2.21. The summed E-state index contributed by atoms with van der Waals surface area (Å²) in [5.74, 6) is 2.75. The molecule has 0 fully saturated rings. The SMILES string of the molecule is CSCc1nc2ccccc2n1CC(=O)Nc1cc(C(C)(C)C)nn1-c1ccccn1. The van der Waals surface area contributed by atoms with E-state index in [1.54, 1.807) is 22.6 Å². The van der Waals surface area contributed by atoms with E-state index < -0.39 is 0 Å². The van der Waals surface area contributed by atoms with Crippen molar-refractivity contribution in [3.8, 4) is 5.82 Å². The second kappa shape index (κ2) is 8.55. The van der Waals surface area contributed by atoms with Crippen molar-refractivity contribution >= 4 is 34.5 Å². The zero-order chi connectivity index (χ0) is 22.0. The number of amides is 1. The van der Waals surface area contributed by atoms with Gasteiger partial charge in [-0.15, -0.1) is 0 Å². The molecule has 3 heterocycles. The van der Waals surface area contributed by atoms with Gasteiger partial charge in [-0.05, 0) is 30.5 Å². The van der Waals surface area contributed by atoms with Crippen LogP contribution in [0.2, 0.25) is 0 Å². The molecule has 0 atom stereocenters. The molecule has 0 radical (unpaired) electrons. The van der Waals surface area contributed by atoms with E-state index in [1.807, 2.05) is 59.4 Å². The summed E-state index contributed by atoms with van der Waals surface area (Å²) in [6.45, 7) is 6.46. The highest BCUT2D eigenvalue weighted by atomic mass is 32.2. The minimum Gasteiger partial charge on any atom is -0.318 e. The van der Waals surface area contributed by atoms with Gasteiger partial charge in [0.1, 0.15) is 18.2 Å². The highest BCUT2D eigenvalue weighted by Crippen LogP contribution is 2.26. The molecule has 7 nitrogen and oxygen atoms in total. The van der Waals surface area contributed by atoms with E-state index in [9.17, 15) is 4.79 Å². The molecule has 0 spiro atoms. The van der Waals surface area contributed by atoms with Gasteiger partial charge in [-0.2, -0.15) is 21.5 Å². The van der Waals surface area contributed by atoms with E-state index >= 15 is 0 Å². The Labute approximate surface area is 185 Å². The minimum atomic E-state index is -0.161. The molecule has 0 unspecified atom stereocenters. The number of fused-ring (bicyclic) bond motifs is 1. The Morgan fingerprint density at radius 2 is 1.90 bits per heavy atom. The van der Waals surface area contributed by atoms with Gasteiger partial charge in [0.05, 0.1) is 22.5 Å². The average Bonchev–Trinajstić information content (AvgIpc) is 3.31. The predicted molar refractivity (Wildman–Crippen MR) is 126 cm³/mol. The number of nitrogens with zero attached hydrogens (tertiary/aromatic N) is 5. The third-order valence-corrected chi connectivity index (χ3v) is 5.47. The van der Waals surface area contributed by atoms with E-state index in [0.29, 0.717) is 11.6 Å². The Balaban J connectivity index is 1.66. The van der Waals surface area contributed by atoms with Crippen LogP contribution in [-0.4, -0.2) is 36.5 Å². The molecule has 4 aromatic rings. The van der Waals surface area contributed by atoms with Gasteiger partial charge < -0.3 is 9.88 Å². The largest absolute Gasteiger partial charge is 0.318 e. The number of hydrogen-bond donors (Lipinski definition) is 1. The number of aromatic nitrogens is 5. The van der Waals surface area contributed by atoms with Gasteiger partial charge in [0.15, 0.2) is 5.82 Å². The minimum absolute atomic E-state index is 0.136. The molecule has 3 aromatic heterocycles. The normalized spacial score (nSPS) is 11.7. The topological polar surface area (TPSA) is 77.6 Å². The molecule has 1 amide bonds. The summed E-state index contributed by atoms with van der Waals surface area (Å²) >= 11 is 1.68. The Morgan fingerprint density at radius 1 is 1.13 bits per heavy atom. The molecule has 0 aliphatic carbocycles. The van der Waals surface area contributed by atoms with Crippen molar-refractivity contribution in [2.75, 3.05) is 11.6 Å². The maximum absolute atomic E-state index is 13.1. The van der Waals surface area contributed by atoms with Gasteiger partial charge in [-0.3, -0.25) is 4.79 Å². The standard InChI is InChI=1S/C23H26N6OS/c1-23(2,3)18-13-20(29(27-18)19-11-7-8-12-24-19)26-22(30)14-28-17-10-6-5-9-16(17)25-21(28)15-31-4/h5-13H,14-15H2,1-4H3,(H,26,30). The fourth-order valence-corrected chi connectivity index (χ4v) is 3.84. The number of para-hydroxylation sites is 2. The first kappa shape index (κ1) is 21.1. The quantitative estimate of drug-likeness (QED) is 0.486. The lowest BCUT2D eigenvalue weighted by atomic mass is 9.92. The fraction of sp³-hybridized carbons (Fsp3) is 0.304. The molecule has 0 bridgehead atoms. The van der Waals surface area contributed by atoms with Crippen molar-refractivity contribution in [1.29, 1.82) is 0 Å². The molecule has 1 N–H and O–H groups in total. The number of pyridine rings is 1. The van der Waals surface area contributed by atoms with Crippen LogP contribution in [0.1, 0.15) is 32.3 Å². The maximum Gasteiger partial charge on any atom is 0.245 e. The van der Waals surface area contributed by atoms with Gasteiger partial charge in [0.25, 0.3) is 0 Å². The van der Waals surface area contributed by atoms with Crippen molar-refractivity contribution in [3.05, 3.63) is 66.2 Å². The number of carbonyl (C=O) groups is 1. The summed E-state index contributed by atoms with van der Waals surface area (Å²) in [4.78, 5) is 22.2. The van der Waals surface area contributed by atoms with Gasteiger partial charge in [-0.1, -0.05) is 39.0 Å². The number of anilines is 1. The number of thioether (sulfide) groups is 1. The molecular weight excluding hydrogens is 408 g/mol. The van der Waals surface area contributed by atoms with Crippen LogP contribution in [0.15, 0.2) is 54.7 Å². The zero-order valence-corrected chi connectivity index (χ0v) is 19.0. The highest BCUT2D eigenvalue weighted by Gasteiger charge is 2.22. The van der Waals surface area contributed by atoms with Crippen molar-refractivity contribution in [3.63, 3.8) is 0 Å². The molecule has 0 saturated heterocycles. The summed E-state index contributed by atoms with van der Waals surface area (Å²) < 4.78 is 3.67. The van der Waals surface area contributed by atoms with E-state index in [4.69, 9.17) is 10.1 Å². The number of carbonyl (C=O) groups excluding carboxylic acids is 1. The molecule has 0 aliphatic heterocycles. The third kappa shape index (κ3) is 4.49. The molecule has 4 rings (SSSR count). The Morgan fingerprint density at radius 3 is 2.61 bits per heavy atom. The van der Waals surface area contributed by atoms with Crippen LogP contribution in [0.4, 0.5) is 5.82 Å². The Bertz CT molecular complexity index is 1210. The van der Waals surface area contributed by atoms with Crippen molar-refractivity contribution in [1.82, 2.24) is 24.3 Å². The lowest BCUT2D eigenvalue weighted by Gasteiger charge is -2.13. The predicted octanol–water partition coefficient (Wildman–Crippen LogP) is 4.42. The van der Waals surface area contributed by atoms with Crippen LogP contribution in [0.5, 0.6) is 0 Å². The maximum atomic E-state index is 13.1. The second-order valence-electron chi connectivity index (χ2n) is 8.35. The van der Waals surface area contributed by atoms with Crippen LogP contribution >= 0.6 is 11.8 Å². The molecule has 8 heteroatoms. The summed E-state index contributed by atoms with van der Waals surface area (Å²) in [5, 5.41) is 7.76. The Hall–Kier alpha value is -3.13. The van der Waals surface area contributed by atoms with Crippen molar-refractivity contribution in [2.45, 2.75) is 38.5 Å². The van der Waals surface area contributed by atoms with Gasteiger partial charge in [0, 0.05) is 17.7 Å². The molecule has 0 saturated carbocycles. The number of hydrogen-bond acceptors (Lipinski definition) is 5. The Kier molecular flexibility index (Phi) is 5.82. The van der Waals surface area contributed by atoms with Gasteiger partial charge >= 0.3 is 0 Å². The monoisotopic (exact) mass is 434 g/mol. The molecular formula is C23H26N6OS. The highest BCUT2D eigenvalue weighted by molar-refractivity contribution is 7.97. The van der Waals surface area contributed by atoms with Crippen LogP contribution in [0, 0.1) is 0 Å². The summed E-state index contributed by atoms with van der Waals surface area (Å²) in [6.07, 6.45) is 3.74. The molecule has 0 aliphatic rings. The van der Waals surface area contributed by atoms with E-state index in [1.165, 1.54) is 0 Å². The average molecular weight is 435 g/mol. The second-order valence-corrected chi connectivity index (χ2v) is 9.21. The van der Waals surface area contributed by atoms with Crippen LogP contribution in [-0.2, 0) is 22.5 Å². The number of benzene rings is 1. The summed E-state index contributed by atoms with van der Waals surface area (Å²) in [6, 6.07) is 15.4. The number of nitrogens with one attached hydrogen (secondary N) is 1. The fourth-order valence-electron chi connectivity index (χ4n) is 3.36. The van der Waals surface area contributed by atoms with E-state index in [0.717, 1.165) is 28.3 Å². The molecule has 160 valence electrons. The van der Waals surface area contributed by atoms with Crippen molar-refractivity contribution in [2.24, 2.45) is 0 Å².